The molecule has 2 heterocycles. The normalized spacial score (nSPS) is 32.1. The molecule has 1 amide bonds. The predicted octanol–water partition coefficient (Wildman–Crippen LogP) is 2.61. The third-order valence-electron chi connectivity index (χ3n) is 3.97. The fourth-order valence-electron chi connectivity index (χ4n) is 3.09. The second kappa shape index (κ2) is 4.78. The van der Waals surface area contributed by atoms with Gasteiger partial charge in [-0.05, 0) is 36.6 Å². The quantitative estimate of drug-likeness (QED) is 0.847. The molecule has 3 nitrogen and oxygen atoms in total. The van der Waals surface area contributed by atoms with E-state index in [4.69, 9.17) is 0 Å². The third-order valence-corrected chi connectivity index (χ3v) is 4.65. The van der Waals surface area contributed by atoms with E-state index in [2.05, 4.69) is 10.6 Å². The molecule has 17 heavy (non-hydrogen) atoms. The van der Waals surface area contributed by atoms with Crippen molar-refractivity contribution in [1.82, 2.24) is 5.32 Å². The van der Waals surface area contributed by atoms with Crippen LogP contribution in [0.3, 0.4) is 0 Å². The first-order valence-electron chi connectivity index (χ1n) is 6.42. The standard InChI is InChI=1S/C13H18N2OS/c16-13(14-10-5-6-17-8-10)12-7-9-3-1-2-4-11(9)15-12/h5-6,8-9,11-12,15H,1-4,7H2,(H,14,16). The number of hydrogen-bond acceptors (Lipinski definition) is 3. The summed E-state index contributed by atoms with van der Waals surface area (Å²) >= 11 is 1.61. The minimum Gasteiger partial charge on any atom is -0.324 e. The average Bonchev–Trinajstić information content (AvgIpc) is 2.96. The molecule has 3 unspecified atom stereocenters. The molecule has 2 fully saturated rings. The molecule has 3 atom stereocenters. The minimum absolute atomic E-state index is 0.0167. The van der Waals surface area contributed by atoms with Gasteiger partial charge in [0.05, 0.1) is 11.7 Å². The third kappa shape index (κ3) is 2.38. The van der Waals surface area contributed by atoms with E-state index in [1.54, 1.807) is 11.3 Å². The molecule has 1 aliphatic carbocycles. The lowest BCUT2D eigenvalue weighted by atomic mass is 9.85. The van der Waals surface area contributed by atoms with Crippen LogP contribution in [0.15, 0.2) is 16.8 Å². The highest BCUT2D eigenvalue weighted by Gasteiger charge is 2.38. The summed E-state index contributed by atoms with van der Waals surface area (Å²) in [6.45, 7) is 0. The predicted molar refractivity (Wildman–Crippen MR) is 70.2 cm³/mol. The maximum Gasteiger partial charge on any atom is 0.241 e. The van der Waals surface area contributed by atoms with Crippen LogP contribution in [0.4, 0.5) is 5.69 Å². The molecular weight excluding hydrogens is 232 g/mol. The van der Waals surface area contributed by atoms with Gasteiger partial charge < -0.3 is 10.6 Å². The van der Waals surface area contributed by atoms with Crippen LogP contribution in [0.2, 0.25) is 0 Å². The first kappa shape index (κ1) is 11.2. The number of carbonyl (C=O) groups excluding carboxylic acids is 1. The Hall–Kier alpha value is -0.870. The Balaban J connectivity index is 1.60. The van der Waals surface area contributed by atoms with E-state index < -0.39 is 0 Å². The maximum absolute atomic E-state index is 12.1. The molecule has 0 radical (unpaired) electrons. The molecule has 1 aliphatic heterocycles. The Morgan fingerprint density at radius 2 is 2.29 bits per heavy atom. The second-order valence-electron chi connectivity index (χ2n) is 5.11. The Bertz CT molecular complexity index is 376. The highest BCUT2D eigenvalue weighted by molar-refractivity contribution is 7.08. The lowest BCUT2D eigenvalue weighted by molar-refractivity contribution is -0.117. The van der Waals surface area contributed by atoms with Crippen LogP contribution in [0.1, 0.15) is 32.1 Å². The number of fused-ring (bicyclic) bond motifs is 1. The monoisotopic (exact) mass is 250 g/mol. The summed E-state index contributed by atoms with van der Waals surface area (Å²) in [6.07, 6.45) is 6.20. The van der Waals surface area contributed by atoms with Crippen molar-refractivity contribution >= 4 is 22.9 Å². The molecule has 1 aromatic heterocycles. The van der Waals surface area contributed by atoms with E-state index in [0.29, 0.717) is 6.04 Å². The molecular formula is C13H18N2OS. The van der Waals surface area contributed by atoms with Crippen LogP contribution in [0.5, 0.6) is 0 Å². The van der Waals surface area contributed by atoms with Crippen molar-refractivity contribution in [1.29, 1.82) is 0 Å². The SMILES string of the molecule is O=C(Nc1ccsc1)C1CC2CCCCC2N1. The summed E-state index contributed by atoms with van der Waals surface area (Å²) in [4.78, 5) is 12.1. The second-order valence-corrected chi connectivity index (χ2v) is 5.89. The number of amides is 1. The fourth-order valence-corrected chi connectivity index (χ4v) is 3.67. The highest BCUT2D eigenvalue weighted by Crippen LogP contribution is 2.33. The van der Waals surface area contributed by atoms with Gasteiger partial charge in [-0.25, -0.2) is 0 Å². The van der Waals surface area contributed by atoms with Gasteiger partial charge in [-0.1, -0.05) is 12.8 Å². The van der Waals surface area contributed by atoms with Crippen molar-refractivity contribution in [3.05, 3.63) is 16.8 Å². The van der Waals surface area contributed by atoms with Gasteiger partial charge in [0.1, 0.15) is 0 Å². The Kier molecular flexibility index (Phi) is 3.16. The topological polar surface area (TPSA) is 41.1 Å². The van der Waals surface area contributed by atoms with Crippen molar-refractivity contribution in [2.24, 2.45) is 5.92 Å². The molecule has 0 spiro atoms. The lowest BCUT2D eigenvalue weighted by Gasteiger charge is -2.24. The summed E-state index contributed by atoms with van der Waals surface area (Å²) in [5.74, 6) is 0.861. The molecule has 1 aromatic rings. The first-order valence-corrected chi connectivity index (χ1v) is 7.36. The molecule has 4 heteroatoms. The van der Waals surface area contributed by atoms with Crippen molar-refractivity contribution in [3.8, 4) is 0 Å². The van der Waals surface area contributed by atoms with Gasteiger partial charge in [-0.2, -0.15) is 11.3 Å². The molecule has 1 saturated carbocycles. The summed E-state index contributed by atoms with van der Waals surface area (Å²) < 4.78 is 0. The number of rotatable bonds is 2. The largest absolute Gasteiger partial charge is 0.324 e. The molecule has 92 valence electrons. The Morgan fingerprint density at radius 3 is 3.06 bits per heavy atom. The maximum atomic E-state index is 12.1. The molecule has 0 aromatic carbocycles. The van der Waals surface area contributed by atoms with Crippen LogP contribution >= 0.6 is 11.3 Å². The van der Waals surface area contributed by atoms with Crippen molar-refractivity contribution < 1.29 is 4.79 Å². The van der Waals surface area contributed by atoms with Crippen LogP contribution < -0.4 is 10.6 Å². The van der Waals surface area contributed by atoms with Crippen molar-refractivity contribution in [2.45, 2.75) is 44.2 Å². The Morgan fingerprint density at radius 1 is 1.41 bits per heavy atom. The van der Waals surface area contributed by atoms with E-state index in [0.717, 1.165) is 18.0 Å². The van der Waals surface area contributed by atoms with E-state index in [1.165, 1.54) is 25.7 Å². The van der Waals surface area contributed by atoms with Crippen molar-refractivity contribution in [3.63, 3.8) is 0 Å². The smallest absolute Gasteiger partial charge is 0.241 e. The van der Waals surface area contributed by atoms with E-state index in [1.807, 2.05) is 16.8 Å². The van der Waals surface area contributed by atoms with Gasteiger partial charge >= 0.3 is 0 Å². The van der Waals surface area contributed by atoms with E-state index >= 15 is 0 Å². The van der Waals surface area contributed by atoms with Crippen LogP contribution in [-0.4, -0.2) is 18.0 Å². The fraction of sp³-hybridized carbons (Fsp3) is 0.615. The first-order chi connectivity index (χ1) is 8.33. The zero-order valence-electron chi connectivity index (χ0n) is 9.82. The van der Waals surface area contributed by atoms with Crippen LogP contribution in [0.25, 0.3) is 0 Å². The minimum atomic E-state index is 0.0167. The molecule has 3 rings (SSSR count). The van der Waals surface area contributed by atoms with Gasteiger partial charge in [0, 0.05) is 11.4 Å². The van der Waals surface area contributed by atoms with Gasteiger partial charge in [0.15, 0.2) is 0 Å². The molecule has 0 bridgehead atoms. The number of hydrogen-bond donors (Lipinski definition) is 2. The highest BCUT2D eigenvalue weighted by atomic mass is 32.1. The van der Waals surface area contributed by atoms with Gasteiger partial charge in [0.2, 0.25) is 5.91 Å². The average molecular weight is 250 g/mol. The molecule has 2 N–H and O–H groups in total. The molecule has 1 saturated heterocycles. The molecule has 2 aliphatic rings. The zero-order chi connectivity index (χ0) is 11.7. The van der Waals surface area contributed by atoms with E-state index in [9.17, 15) is 4.79 Å². The number of nitrogens with one attached hydrogen (secondary N) is 2. The van der Waals surface area contributed by atoms with Crippen molar-refractivity contribution in [2.75, 3.05) is 5.32 Å². The van der Waals surface area contributed by atoms with Gasteiger partial charge in [-0.15, -0.1) is 0 Å². The number of carbonyl (C=O) groups is 1. The Labute approximate surface area is 106 Å². The summed E-state index contributed by atoms with van der Waals surface area (Å²) in [7, 11) is 0. The number of anilines is 1. The summed E-state index contributed by atoms with van der Waals surface area (Å²) in [5, 5.41) is 10.4. The van der Waals surface area contributed by atoms with Crippen LogP contribution in [0, 0.1) is 5.92 Å². The number of thiophene rings is 1. The zero-order valence-corrected chi connectivity index (χ0v) is 10.6. The van der Waals surface area contributed by atoms with Crippen LogP contribution in [-0.2, 0) is 4.79 Å². The van der Waals surface area contributed by atoms with Gasteiger partial charge in [-0.3, -0.25) is 4.79 Å². The summed E-state index contributed by atoms with van der Waals surface area (Å²) in [5.41, 5.74) is 0.927. The van der Waals surface area contributed by atoms with E-state index in [-0.39, 0.29) is 11.9 Å². The lowest BCUT2D eigenvalue weighted by Crippen LogP contribution is -2.39. The van der Waals surface area contributed by atoms with Gasteiger partial charge in [0.25, 0.3) is 0 Å². The summed E-state index contributed by atoms with van der Waals surface area (Å²) in [6, 6.07) is 2.55.